The summed E-state index contributed by atoms with van der Waals surface area (Å²) >= 11 is 6.00. The minimum atomic E-state index is -0.476. The van der Waals surface area contributed by atoms with E-state index < -0.39 is 6.04 Å². The molecule has 0 radical (unpaired) electrons. The Hall–Kier alpha value is -2.33. The van der Waals surface area contributed by atoms with Gasteiger partial charge in [-0.25, -0.2) is 0 Å². The minimum absolute atomic E-state index is 0. The Balaban J connectivity index is 0.00000363. The van der Waals surface area contributed by atoms with Gasteiger partial charge in [-0.05, 0) is 66.8 Å². The van der Waals surface area contributed by atoms with E-state index in [1.165, 1.54) is 16.7 Å². The average molecular weight is 457 g/mol. The maximum absolute atomic E-state index is 13.2. The number of nitrogens with zero attached hydrogens (tertiary/aromatic N) is 1. The lowest BCUT2D eigenvalue weighted by atomic mass is 9.89. The van der Waals surface area contributed by atoms with E-state index >= 15 is 0 Å². The van der Waals surface area contributed by atoms with Crippen LogP contribution in [0.1, 0.15) is 63.1 Å². The van der Waals surface area contributed by atoms with E-state index in [4.69, 9.17) is 11.6 Å². The van der Waals surface area contributed by atoms with Crippen LogP contribution in [0.25, 0.3) is 0 Å². The van der Waals surface area contributed by atoms with Gasteiger partial charge in [0.15, 0.2) is 0 Å². The quantitative estimate of drug-likeness (QED) is 0.575. The van der Waals surface area contributed by atoms with E-state index in [9.17, 15) is 9.59 Å². The molecule has 0 aliphatic carbocycles. The van der Waals surface area contributed by atoms with Gasteiger partial charge in [-0.1, -0.05) is 69.3 Å². The standard InChI is InChI=1S/C26H33ClN2O2.CH4/c1-18(2)25(28-24(30)13-10-20-7-5-4-6-19(20)3)26(31)29-16-14-22(15-17-29)21-8-11-23(27)12-9-21;/h4-9,11-12,18,22,25H,10,13-17H2,1-3H3,(H,28,30);1H4/t25-;/m1./s1. The molecule has 2 aromatic rings. The molecule has 4 nitrogen and oxygen atoms in total. The molecule has 0 spiro atoms. The fraction of sp³-hybridized carbons (Fsp3) is 0.481. The first-order valence-corrected chi connectivity index (χ1v) is 11.6. The molecule has 1 atom stereocenters. The Morgan fingerprint density at radius 1 is 1.06 bits per heavy atom. The van der Waals surface area contributed by atoms with Gasteiger partial charge in [0.2, 0.25) is 11.8 Å². The van der Waals surface area contributed by atoms with Crippen molar-refractivity contribution in [3.05, 3.63) is 70.2 Å². The molecule has 0 aromatic heterocycles. The number of benzene rings is 2. The van der Waals surface area contributed by atoms with Crippen molar-refractivity contribution in [3.63, 3.8) is 0 Å². The molecule has 1 N–H and O–H groups in total. The third kappa shape index (κ3) is 6.83. The molecule has 5 heteroatoms. The monoisotopic (exact) mass is 456 g/mol. The summed E-state index contributed by atoms with van der Waals surface area (Å²) in [7, 11) is 0. The highest BCUT2D eigenvalue weighted by Crippen LogP contribution is 2.29. The van der Waals surface area contributed by atoms with E-state index in [-0.39, 0.29) is 25.2 Å². The second kappa shape index (κ2) is 12.1. The number of halogens is 1. The largest absolute Gasteiger partial charge is 0.344 e. The van der Waals surface area contributed by atoms with E-state index in [0.29, 0.717) is 31.8 Å². The highest BCUT2D eigenvalue weighted by molar-refractivity contribution is 6.30. The van der Waals surface area contributed by atoms with Crippen LogP contribution >= 0.6 is 11.6 Å². The number of carbonyl (C=O) groups excluding carboxylic acids is 2. The Kier molecular flexibility index (Phi) is 9.77. The predicted octanol–water partition coefficient (Wildman–Crippen LogP) is 5.76. The van der Waals surface area contributed by atoms with Crippen molar-refractivity contribution in [2.24, 2.45) is 5.92 Å². The van der Waals surface area contributed by atoms with Gasteiger partial charge in [-0.3, -0.25) is 9.59 Å². The van der Waals surface area contributed by atoms with E-state index in [2.05, 4.69) is 36.5 Å². The number of piperidine rings is 1. The van der Waals surface area contributed by atoms with Gasteiger partial charge in [0, 0.05) is 24.5 Å². The summed E-state index contributed by atoms with van der Waals surface area (Å²) in [5.74, 6) is 0.464. The summed E-state index contributed by atoms with van der Waals surface area (Å²) in [6.07, 6.45) is 2.93. The Morgan fingerprint density at radius 3 is 2.28 bits per heavy atom. The molecule has 1 heterocycles. The first kappa shape index (κ1) is 25.9. The van der Waals surface area contributed by atoms with Gasteiger partial charge in [-0.2, -0.15) is 0 Å². The van der Waals surface area contributed by atoms with Crippen LogP contribution in [0.2, 0.25) is 5.02 Å². The lowest BCUT2D eigenvalue weighted by Crippen LogP contribution is -2.52. The van der Waals surface area contributed by atoms with Crippen molar-refractivity contribution in [2.75, 3.05) is 13.1 Å². The van der Waals surface area contributed by atoms with E-state index in [1.807, 2.05) is 43.0 Å². The zero-order chi connectivity index (χ0) is 22.4. The van der Waals surface area contributed by atoms with Crippen molar-refractivity contribution in [2.45, 2.75) is 65.8 Å². The number of aryl methyl sites for hydroxylation is 2. The summed E-state index contributed by atoms with van der Waals surface area (Å²) in [5.41, 5.74) is 3.64. The van der Waals surface area contributed by atoms with Gasteiger partial charge in [0.25, 0.3) is 0 Å². The molecule has 3 rings (SSSR count). The smallest absolute Gasteiger partial charge is 0.245 e. The van der Waals surface area contributed by atoms with Crippen molar-refractivity contribution in [1.29, 1.82) is 0 Å². The Bertz CT molecular complexity index is 887. The van der Waals surface area contributed by atoms with Crippen LogP contribution < -0.4 is 5.32 Å². The second-order valence-corrected chi connectivity index (χ2v) is 9.30. The fourth-order valence-electron chi connectivity index (χ4n) is 4.26. The van der Waals surface area contributed by atoms with Crippen LogP contribution in [0.3, 0.4) is 0 Å². The predicted molar refractivity (Wildman–Crippen MR) is 133 cm³/mol. The van der Waals surface area contributed by atoms with Crippen LogP contribution in [0.5, 0.6) is 0 Å². The number of hydrogen-bond acceptors (Lipinski definition) is 2. The third-order valence-corrected chi connectivity index (χ3v) is 6.53. The average Bonchev–Trinajstić information content (AvgIpc) is 2.77. The SMILES string of the molecule is C.Cc1ccccc1CCC(=O)N[C@@H](C(=O)N1CCC(c2ccc(Cl)cc2)CC1)C(C)C. The lowest BCUT2D eigenvalue weighted by Gasteiger charge is -2.35. The van der Waals surface area contributed by atoms with Gasteiger partial charge in [-0.15, -0.1) is 0 Å². The number of likely N-dealkylation sites (tertiary alicyclic amines) is 1. The van der Waals surface area contributed by atoms with Crippen LogP contribution in [0.4, 0.5) is 0 Å². The minimum Gasteiger partial charge on any atom is -0.344 e. The molecule has 1 saturated heterocycles. The van der Waals surface area contributed by atoms with Gasteiger partial charge >= 0.3 is 0 Å². The van der Waals surface area contributed by atoms with Gasteiger partial charge < -0.3 is 10.2 Å². The Labute approximate surface area is 198 Å². The molecule has 2 aromatic carbocycles. The maximum Gasteiger partial charge on any atom is 0.245 e. The van der Waals surface area contributed by atoms with Crippen LogP contribution in [0.15, 0.2) is 48.5 Å². The number of rotatable bonds is 7. The van der Waals surface area contributed by atoms with Crippen LogP contribution in [-0.4, -0.2) is 35.8 Å². The molecule has 0 unspecified atom stereocenters. The fourth-order valence-corrected chi connectivity index (χ4v) is 4.39. The first-order chi connectivity index (χ1) is 14.8. The molecule has 1 fully saturated rings. The summed E-state index contributed by atoms with van der Waals surface area (Å²) < 4.78 is 0. The van der Waals surface area contributed by atoms with Crippen molar-refractivity contribution < 1.29 is 9.59 Å². The van der Waals surface area contributed by atoms with Crippen molar-refractivity contribution >= 4 is 23.4 Å². The topological polar surface area (TPSA) is 49.4 Å². The van der Waals surface area contributed by atoms with E-state index in [0.717, 1.165) is 17.9 Å². The molecule has 174 valence electrons. The highest BCUT2D eigenvalue weighted by atomic mass is 35.5. The zero-order valence-corrected chi connectivity index (χ0v) is 19.5. The summed E-state index contributed by atoms with van der Waals surface area (Å²) in [6, 6.07) is 15.6. The van der Waals surface area contributed by atoms with Crippen molar-refractivity contribution in [1.82, 2.24) is 10.2 Å². The summed E-state index contributed by atoms with van der Waals surface area (Å²) in [5, 5.41) is 3.75. The normalized spacial score (nSPS) is 15.2. The molecule has 1 aliphatic rings. The maximum atomic E-state index is 13.2. The lowest BCUT2D eigenvalue weighted by molar-refractivity contribution is -0.138. The Morgan fingerprint density at radius 2 is 1.69 bits per heavy atom. The van der Waals surface area contributed by atoms with E-state index in [1.54, 1.807) is 0 Å². The number of amides is 2. The molecule has 1 aliphatic heterocycles. The highest BCUT2D eigenvalue weighted by Gasteiger charge is 2.31. The number of nitrogens with one attached hydrogen (secondary N) is 1. The molecular formula is C27H37ClN2O2. The van der Waals surface area contributed by atoms with Crippen LogP contribution in [-0.2, 0) is 16.0 Å². The number of hydrogen-bond donors (Lipinski definition) is 1. The van der Waals surface area contributed by atoms with Gasteiger partial charge in [0.1, 0.15) is 6.04 Å². The summed E-state index contributed by atoms with van der Waals surface area (Å²) in [6.45, 7) is 7.47. The molecule has 0 saturated carbocycles. The third-order valence-electron chi connectivity index (χ3n) is 6.28. The molecule has 32 heavy (non-hydrogen) atoms. The first-order valence-electron chi connectivity index (χ1n) is 11.2. The molecule has 0 bridgehead atoms. The zero-order valence-electron chi connectivity index (χ0n) is 18.7. The second-order valence-electron chi connectivity index (χ2n) is 8.87. The summed E-state index contributed by atoms with van der Waals surface area (Å²) in [4.78, 5) is 27.7. The van der Waals surface area contributed by atoms with Crippen LogP contribution in [0, 0.1) is 12.8 Å². The van der Waals surface area contributed by atoms with Gasteiger partial charge in [0.05, 0.1) is 0 Å². The number of carbonyl (C=O) groups is 2. The molecular weight excluding hydrogens is 420 g/mol. The molecule has 2 amide bonds. The van der Waals surface area contributed by atoms with Crippen molar-refractivity contribution in [3.8, 4) is 0 Å².